The van der Waals surface area contributed by atoms with Crippen molar-refractivity contribution < 1.29 is 9.53 Å². The van der Waals surface area contributed by atoms with E-state index in [1.807, 2.05) is 12.1 Å². The van der Waals surface area contributed by atoms with Gasteiger partial charge in [0.2, 0.25) is 5.91 Å². The zero-order valence-corrected chi connectivity index (χ0v) is 11.8. The molecular weight excluding hydrogens is 256 g/mol. The molecule has 1 amide bonds. The first kappa shape index (κ1) is 14.6. The highest BCUT2D eigenvalue weighted by molar-refractivity contribution is 5.79. The summed E-state index contributed by atoms with van der Waals surface area (Å²) in [6, 6.07) is 7.46. The quantitative estimate of drug-likeness (QED) is 0.767. The van der Waals surface area contributed by atoms with Crippen LogP contribution in [-0.2, 0) is 4.79 Å². The molecule has 1 atom stereocenters. The van der Waals surface area contributed by atoms with Crippen molar-refractivity contribution in [2.45, 2.75) is 6.04 Å². The van der Waals surface area contributed by atoms with Gasteiger partial charge in [-0.15, -0.1) is 0 Å². The van der Waals surface area contributed by atoms with Gasteiger partial charge in [-0.05, 0) is 24.3 Å². The molecule has 20 heavy (non-hydrogen) atoms. The Kier molecular flexibility index (Phi) is 4.81. The van der Waals surface area contributed by atoms with Crippen LogP contribution < -0.4 is 21.1 Å². The lowest BCUT2D eigenvalue weighted by Crippen LogP contribution is -2.52. The molecule has 1 fully saturated rings. The van der Waals surface area contributed by atoms with Crippen molar-refractivity contribution in [3.05, 3.63) is 24.3 Å². The molecule has 1 aliphatic rings. The Morgan fingerprint density at radius 1 is 1.25 bits per heavy atom. The highest BCUT2D eigenvalue weighted by atomic mass is 16.5. The van der Waals surface area contributed by atoms with Crippen molar-refractivity contribution in [3.63, 3.8) is 0 Å². The summed E-state index contributed by atoms with van der Waals surface area (Å²) < 4.78 is 5.16. The highest BCUT2D eigenvalue weighted by Gasteiger charge is 2.20. The first-order valence-corrected chi connectivity index (χ1v) is 6.76. The topological polar surface area (TPSA) is 84.8 Å². The second-order valence-corrected chi connectivity index (χ2v) is 4.99. The molecule has 0 spiro atoms. The first-order valence-electron chi connectivity index (χ1n) is 6.76. The Hall–Kier alpha value is -1.79. The fraction of sp³-hybridized carbons (Fsp3) is 0.500. The molecule has 6 nitrogen and oxygen atoms in total. The predicted molar refractivity (Wildman–Crippen MR) is 78.8 cm³/mol. The van der Waals surface area contributed by atoms with E-state index in [-0.39, 0.29) is 0 Å². The van der Waals surface area contributed by atoms with Crippen LogP contribution in [0.2, 0.25) is 0 Å². The van der Waals surface area contributed by atoms with E-state index in [0.717, 1.165) is 31.9 Å². The fourth-order valence-corrected chi connectivity index (χ4v) is 2.35. The molecule has 1 aliphatic heterocycles. The third-order valence-electron chi connectivity index (χ3n) is 3.63. The number of hydrogen-bond acceptors (Lipinski definition) is 5. The lowest BCUT2D eigenvalue weighted by molar-refractivity contribution is -0.119. The fourth-order valence-electron chi connectivity index (χ4n) is 2.35. The molecular formula is C14H22N4O2. The number of hydrogen-bond donors (Lipinski definition) is 2. The normalized spacial score (nSPS) is 17.8. The zero-order chi connectivity index (χ0) is 14.5. The number of carbonyl (C=O) groups is 1. The van der Waals surface area contributed by atoms with Crippen LogP contribution in [0.4, 0.5) is 5.69 Å². The molecule has 2 rings (SSSR count). The van der Waals surface area contributed by atoms with Gasteiger partial charge in [0.1, 0.15) is 5.75 Å². The second-order valence-electron chi connectivity index (χ2n) is 4.99. The van der Waals surface area contributed by atoms with E-state index in [9.17, 15) is 4.79 Å². The molecule has 0 aromatic heterocycles. The largest absolute Gasteiger partial charge is 0.497 e. The number of piperazine rings is 1. The zero-order valence-electron chi connectivity index (χ0n) is 11.8. The third kappa shape index (κ3) is 3.61. The molecule has 0 saturated carbocycles. The van der Waals surface area contributed by atoms with Gasteiger partial charge in [-0.1, -0.05) is 0 Å². The summed E-state index contributed by atoms with van der Waals surface area (Å²) in [6.45, 7) is 4.13. The number of benzene rings is 1. The number of amides is 1. The average Bonchev–Trinajstić information content (AvgIpc) is 2.48. The van der Waals surface area contributed by atoms with E-state index in [4.69, 9.17) is 16.2 Å². The summed E-state index contributed by atoms with van der Waals surface area (Å²) in [5.74, 6) is 0.419. The maximum Gasteiger partial charge on any atom is 0.235 e. The summed E-state index contributed by atoms with van der Waals surface area (Å²) >= 11 is 0. The van der Waals surface area contributed by atoms with Crippen LogP contribution in [0.3, 0.4) is 0 Å². The van der Waals surface area contributed by atoms with Gasteiger partial charge < -0.3 is 21.1 Å². The molecule has 4 N–H and O–H groups in total. The van der Waals surface area contributed by atoms with Gasteiger partial charge in [0.05, 0.1) is 13.2 Å². The van der Waals surface area contributed by atoms with Gasteiger partial charge in [0, 0.05) is 38.4 Å². The number of ether oxygens (including phenoxy) is 1. The molecule has 0 bridgehead atoms. The minimum atomic E-state index is -0.581. The molecule has 0 radical (unpaired) electrons. The Morgan fingerprint density at radius 2 is 1.85 bits per heavy atom. The lowest BCUT2D eigenvalue weighted by atomic mass is 10.2. The summed E-state index contributed by atoms with van der Waals surface area (Å²) in [4.78, 5) is 15.5. The van der Waals surface area contributed by atoms with Crippen molar-refractivity contribution in [2.24, 2.45) is 11.5 Å². The van der Waals surface area contributed by atoms with Crippen LogP contribution in [0.5, 0.6) is 5.75 Å². The van der Waals surface area contributed by atoms with Crippen LogP contribution in [-0.4, -0.2) is 56.7 Å². The minimum Gasteiger partial charge on any atom is -0.497 e. The Bertz CT molecular complexity index is 441. The average molecular weight is 278 g/mol. The number of carbonyl (C=O) groups excluding carboxylic acids is 1. The summed E-state index contributed by atoms with van der Waals surface area (Å²) in [5, 5.41) is 0. The van der Waals surface area contributed by atoms with E-state index in [1.54, 1.807) is 7.11 Å². The van der Waals surface area contributed by atoms with Crippen LogP contribution in [0.25, 0.3) is 0 Å². The maximum atomic E-state index is 11.0. The number of nitrogens with zero attached hydrogens (tertiary/aromatic N) is 2. The van der Waals surface area contributed by atoms with Crippen LogP contribution in [0, 0.1) is 0 Å². The predicted octanol–water partition coefficient (Wildman–Crippen LogP) is -0.370. The van der Waals surface area contributed by atoms with Gasteiger partial charge in [0.25, 0.3) is 0 Å². The monoisotopic (exact) mass is 278 g/mol. The summed E-state index contributed by atoms with van der Waals surface area (Å²) in [7, 11) is 1.66. The van der Waals surface area contributed by atoms with Gasteiger partial charge in [-0.25, -0.2) is 0 Å². The van der Waals surface area contributed by atoms with Crippen LogP contribution in [0.1, 0.15) is 0 Å². The Balaban J connectivity index is 1.85. The molecule has 1 aromatic carbocycles. The van der Waals surface area contributed by atoms with Crippen molar-refractivity contribution >= 4 is 11.6 Å². The summed E-state index contributed by atoms with van der Waals surface area (Å²) in [5.41, 5.74) is 12.1. The van der Waals surface area contributed by atoms with Gasteiger partial charge in [-0.2, -0.15) is 0 Å². The standard InChI is InChI=1S/C14H22N4O2/c1-20-12-4-2-11(3-5-12)18-8-6-17(7-9-18)10-13(15)14(16)19/h2-5,13H,6-10,15H2,1H3,(H2,16,19). The van der Waals surface area contributed by atoms with Crippen molar-refractivity contribution in [1.29, 1.82) is 0 Å². The van der Waals surface area contributed by atoms with Crippen LogP contribution in [0.15, 0.2) is 24.3 Å². The van der Waals surface area contributed by atoms with Crippen molar-refractivity contribution in [3.8, 4) is 5.75 Å². The van der Waals surface area contributed by atoms with E-state index < -0.39 is 11.9 Å². The maximum absolute atomic E-state index is 11.0. The molecule has 110 valence electrons. The molecule has 1 aromatic rings. The Labute approximate surface area is 119 Å². The number of rotatable bonds is 5. The van der Waals surface area contributed by atoms with Gasteiger partial charge in [-0.3, -0.25) is 9.69 Å². The SMILES string of the molecule is COc1ccc(N2CCN(CC(N)C(N)=O)CC2)cc1. The Morgan fingerprint density at radius 3 is 2.35 bits per heavy atom. The van der Waals surface area contributed by atoms with E-state index in [0.29, 0.717) is 6.54 Å². The number of nitrogens with two attached hydrogens (primary N) is 2. The van der Waals surface area contributed by atoms with Crippen molar-refractivity contribution in [1.82, 2.24) is 4.90 Å². The molecule has 1 unspecified atom stereocenters. The minimum absolute atomic E-state index is 0.442. The molecule has 0 aliphatic carbocycles. The number of anilines is 1. The highest BCUT2D eigenvalue weighted by Crippen LogP contribution is 2.20. The van der Waals surface area contributed by atoms with Crippen LogP contribution >= 0.6 is 0 Å². The van der Waals surface area contributed by atoms with E-state index in [2.05, 4.69) is 21.9 Å². The van der Waals surface area contributed by atoms with Crippen molar-refractivity contribution in [2.75, 3.05) is 44.7 Å². The van der Waals surface area contributed by atoms with Gasteiger partial charge in [0.15, 0.2) is 0 Å². The third-order valence-corrected chi connectivity index (χ3v) is 3.63. The van der Waals surface area contributed by atoms with E-state index >= 15 is 0 Å². The molecule has 1 heterocycles. The molecule has 1 saturated heterocycles. The van der Waals surface area contributed by atoms with E-state index in [1.165, 1.54) is 5.69 Å². The second kappa shape index (κ2) is 6.58. The number of primary amides is 1. The lowest BCUT2D eigenvalue weighted by Gasteiger charge is -2.36. The van der Waals surface area contributed by atoms with Gasteiger partial charge >= 0.3 is 0 Å². The molecule has 6 heteroatoms. The first-order chi connectivity index (χ1) is 9.60. The summed E-state index contributed by atoms with van der Waals surface area (Å²) in [6.07, 6.45) is 0. The number of methoxy groups -OCH3 is 1. The smallest absolute Gasteiger partial charge is 0.235 e.